The molecule has 6 nitrogen and oxygen atoms in total. The summed E-state index contributed by atoms with van der Waals surface area (Å²) in [5.41, 5.74) is 9.16. The molecular weight excluding hydrogens is 535 g/mol. The van der Waals surface area contributed by atoms with E-state index in [1.165, 1.54) is 0 Å². The van der Waals surface area contributed by atoms with Crippen molar-refractivity contribution < 1.29 is 19.0 Å². The van der Waals surface area contributed by atoms with Crippen molar-refractivity contribution in [3.63, 3.8) is 0 Å². The number of hydrogen-bond donors (Lipinski definition) is 1. The summed E-state index contributed by atoms with van der Waals surface area (Å²) >= 11 is 12.2. The fourth-order valence-corrected chi connectivity index (χ4v) is 4.86. The number of hydrogen-bond acceptors (Lipinski definition) is 5. The second-order valence-electron chi connectivity index (χ2n) is 8.62. The molecule has 0 radical (unpaired) electrons. The van der Waals surface area contributed by atoms with Gasteiger partial charge in [0, 0.05) is 18.8 Å². The van der Waals surface area contributed by atoms with Crippen LogP contribution >= 0.6 is 35.6 Å². The molecule has 4 rings (SSSR count). The van der Waals surface area contributed by atoms with Crippen molar-refractivity contribution in [2.75, 3.05) is 38.3 Å². The second kappa shape index (κ2) is 13.8. The van der Waals surface area contributed by atoms with Crippen molar-refractivity contribution >= 4 is 47.2 Å². The van der Waals surface area contributed by atoms with Crippen LogP contribution in [-0.2, 0) is 17.6 Å². The maximum Gasteiger partial charge on any atom is 0.231 e. The lowest BCUT2D eigenvalue weighted by Gasteiger charge is -2.32. The third-order valence-corrected chi connectivity index (χ3v) is 6.82. The maximum absolute atomic E-state index is 13.4. The van der Waals surface area contributed by atoms with Gasteiger partial charge in [-0.1, -0.05) is 41.4 Å². The zero-order valence-corrected chi connectivity index (χ0v) is 23.0. The normalized spacial score (nSPS) is 13.2. The lowest BCUT2D eigenvalue weighted by Crippen LogP contribution is -2.42. The monoisotopic (exact) mass is 564 g/mol. The highest BCUT2D eigenvalue weighted by Gasteiger charge is 2.28. The number of carbonyl (C=O) groups is 1. The standard InChI is InChI=1S/C28H30Cl2N2O4.ClH/c1-34-23-11-12-26-20(17-23)4-3-13-32(26)28(33)21(18-31)16-19-7-9-22(10-8-19)35-14-15-36-27-24(29)5-2-6-25(27)30;/h2,5-12,17,21H,3-4,13-16,18,31H2,1H3;1H. The van der Waals surface area contributed by atoms with Crippen LogP contribution in [0.5, 0.6) is 17.2 Å². The van der Waals surface area contributed by atoms with E-state index < -0.39 is 0 Å². The molecule has 198 valence electrons. The Hall–Kier alpha value is -2.64. The van der Waals surface area contributed by atoms with E-state index in [0.717, 1.165) is 35.4 Å². The molecule has 1 amide bonds. The van der Waals surface area contributed by atoms with Crippen LogP contribution in [-0.4, -0.2) is 39.3 Å². The van der Waals surface area contributed by atoms with Crippen LogP contribution in [0.1, 0.15) is 17.5 Å². The topological polar surface area (TPSA) is 74.0 Å². The van der Waals surface area contributed by atoms with E-state index in [-0.39, 0.29) is 30.8 Å². The fourth-order valence-electron chi connectivity index (χ4n) is 4.35. The Labute approximate surface area is 234 Å². The quantitative estimate of drug-likeness (QED) is 0.306. The van der Waals surface area contributed by atoms with Crippen LogP contribution in [0.25, 0.3) is 0 Å². The van der Waals surface area contributed by atoms with E-state index in [9.17, 15) is 4.79 Å². The molecule has 1 unspecified atom stereocenters. The lowest BCUT2D eigenvalue weighted by molar-refractivity contribution is -0.122. The number of anilines is 1. The van der Waals surface area contributed by atoms with Crippen molar-refractivity contribution in [1.29, 1.82) is 0 Å². The zero-order valence-electron chi connectivity index (χ0n) is 20.6. The van der Waals surface area contributed by atoms with Gasteiger partial charge in [-0.25, -0.2) is 0 Å². The van der Waals surface area contributed by atoms with Crippen LogP contribution < -0.4 is 24.8 Å². The van der Waals surface area contributed by atoms with Gasteiger partial charge in [0.15, 0.2) is 5.75 Å². The summed E-state index contributed by atoms with van der Waals surface area (Å²) in [6.45, 7) is 1.62. The van der Waals surface area contributed by atoms with Crippen molar-refractivity contribution in [3.8, 4) is 17.2 Å². The van der Waals surface area contributed by atoms with Gasteiger partial charge in [-0.15, -0.1) is 12.4 Å². The SMILES string of the molecule is COc1ccc2c(c1)CCCN2C(=O)C(CN)Cc1ccc(OCCOc2c(Cl)cccc2Cl)cc1.Cl. The molecular formula is C28H31Cl3N2O4. The van der Waals surface area contributed by atoms with E-state index >= 15 is 0 Å². The molecule has 0 aliphatic carbocycles. The summed E-state index contributed by atoms with van der Waals surface area (Å²) < 4.78 is 16.8. The second-order valence-corrected chi connectivity index (χ2v) is 9.43. The molecule has 3 aromatic carbocycles. The number of halogens is 3. The van der Waals surface area contributed by atoms with Crippen molar-refractivity contribution in [1.82, 2.24) is 0 Å². The average molecular weight is 566 g/mol. The Morgan fingerprint density at radius 1 is 1.00 bits per heavy atom. The smallest absolute Gasteiger partial charge is 0.231 e. The zero-order chi connectivity index (χ0) is 25.5. The summed E-state index contributed by atoms with van der Waals surface area (Å²) in [5.74, 6) is 1.72. The molecule has 37 heavy (non-hydrogen) atoms. The molecule has 0 fully saturated rings. The van der Waals surface area contributed by atoms with E-state index in [2.05, 4.69) is 0 Å². The number of carbonyl (C=O) groups excluding carboxylic acids is 1. The fraction of sp³-hybridized carbons (Fsp3) is 0.321. The number of amides is 1. The highest BCUT2D eigenvalue weighted by atomic mass is 35.5. The van der Waals surface area contributed by atoms with Crippen LogP contribution in [0, 0.1) is 5.92 Å². The van der Waals surface area contributed by atoms with Gasteiger partial charge >= 0.3 is 0 Å². The predicted octanol–water partition coefficient (Wildman–Crippen LogP) is 5.98. The number of fused-ring (bicyclic) bond motifs is 1. The molecule has 0 saturated heterocycles. The van der Waals surface area contributed by atoms with Gasteiger partial charge in [-0.2, -0.15) is 0 Å². The van der Waals surface area contributed by atoms with Crippen molar-refractivity contribution in [3.05, 3.63) is 81.8 Å². The van der Waals surface area contributed by atoms with Gasteiger partial charge in [0.2, 0.25) is 5.91 Å². The van der Waals surface area contributed by atoms with Crippen molar-refractivity contribution in [2.24, 2.45) is 11.7 Å². The maximum atomic E-state index is 13.4. The molecule has 0 spiro atoms. The van der Waals surface area contributed by atoms with E-state index in [0.29, 0.717) is 47.7 Å². The molecule has 9 heteroatoms. The minimum atomic E-state index is -0.307. The summed E-state index contributed by atoms with van der Waals surface area (Å²) in [5, 5.41) is 0.923. The number of aryl methyl sites for hydroxylation is 1. The summed E-state index contributed by atoms with van der Waals surface area (Å²) in [6.07, 6.45) is 2.41. The number of rotatable bonds is 10. The number of ether oxygens (including phenoxy) is 3. The van der Waals surface area contributed by atoms with Gasteiger partial charge in [-0.05, 0) is 72.9 Å². The first kappa shape index (κ1) is 28.9. The van der Waals surface area contributed by atoms with E-state index in [1.807, 2.05) is 47.4 Å². The summed E-state index contributed by atoms with van der Waals surface area (Å²) in [6, 6.07) is 18.8. The molecule has 1 atom stereocenters. The van der Waals surface area contributed by atoms with Gasteiger partial charge in [0.1, 0.15) is 24.7 Å². The number of para-hydroxylation sites is 1. The molecule has 0 bridgehead atoms. The van der Waals surface area contributed by atoms with E-state index in [4.69, 9.17) is 43.1 Å². The third kappa shape index (κ3) is 7.23. The minimum Gasteiger partial charge on any atom is -0.497 e. The molecule has 3 aromatic rings. The molecule has 1 aliphatic heterocycles. The van der Waals surface area contributed by atoms with Gasteiger partial charge < -0.3 is 24.8 Å². The lowest BCUT2D eigenvalue weighted by atomic mass is 9.95. The average Bonchev–Trinajstić information content (AvgIpc) is 2.90. The van der Waals surface area contributed by atoms with Crippen LogP contribution in [0.2, 0.25) is 10.0 Å². The number of methoxy groups -OCH3 is 1. The first-order chi connectivity index (χ1) is 17.5. The Bertz CT molecular complexity index is 1170. The first-order valence-corrected chi connectivity index (χ1v) is 12.7. The van der Waals surface area contributed by atoms with Crippen LogP contribution in [0.15, 0.2) is 60.7 Å². The molecule has 1 heterocycles. The van der Waals surface area contributed by atoms with Crippen LogP contribution in [0.4, 0.5) is 5.69 Å². The van der Waals surface area contributed by atoms with E-state index in [1.54, 1.807) is 25.3 Å². The van der Waals surface area contributed by atoms with Crippen molar-refractivity contribution in [2.45, 2.75) is 19.3 Å². The Morgan fingerprint density at radius 2 is 1.68 bits per heavy atom. The minimum absolute atomic E-state index is 0. The predicted molar refractivity (Wildman–Crippen MR) is 151 cm³/mol. The van der Waals surface area contributed by atoms with Gasteiger partial charge in [-0.3, -0.25) is 4.79 Å². The highest BCUT2D eigenvalue weighted by Crippen LogP contribution is 2.33. The summed E-state index contributed by atoms with van der Waals surface area (Å²) in [4.78, 5) is 15.3. The van der Waals surface area contributed by atoms with Crippen LogP contribution in [0.3, 0.4) is 0 Å². The Morgan fingerprint density at radius 3 is 2.35 bits per heavy atom. The third-order valence-electron chi connectivity index (χ3n) is 6.23. The Kier molecular flexibility index (Phi) is 10.8. The van der Waals surface area contributed by atoms with Gasteiger partial charge in [0.05, 0.1) is 23.1 Å². The first-order valence-electron chi connectivity index (χ1n) is 12.0. The number of benzene rings is 3. The summed E-state index contributed by atoms with van der Waals surface area (Å²) in [7, 11) is 1.65. The largest absolute Gasteiger partial charge is 0.497 e. The molecule has 2 N–H and O–H groups in total. The highest BCUT2D eigenvalue weighted by molar-refractivity contribution is 6.37. The molecule has 1 aliphatic rings. The number of nitrogens with two attached hydrogens (primary N) is 1. The molecule has 0 saturated carbocycles. The molecule has 0 aromatic heterocycles. The Balaban J connectivity index is 0.00000380. The number of nitrogens with zero attached hydrogens (tertiary/aromatic N) is 1. The van der Waals surface area contributed by atoms with Gasteiger partial charge in [0.25, 0.3) is 0 Å².